The minimum Gasteiger partial charge on any atom is -0.371 e. The molecule has 2 nitrogen and oxygen atoms in total. The largest absolute Gasteiger partial charge is 0.371 e. The van der Waals surface area contributed by atoms with E-state index in [1.165, 1.54) is 5.56 Å². The standard InChI is InChI=1S/C14H20ClNO/c1-14(2)8-7-13(17-14)10-16-9-11-3-5-12(15)6-4-11/h3-6,13,16H,7-10H2,1-2H3. The molecule has 94 valence electrons. The van der Waals surface area contributed by atoms with Gasteiger partial charge in [0.25, 0.3) is 0 Å². The van der Waals surface area contributed by atoms with E-state index >= 15 is 0 Å². The van der Waals surface area contributed by atoms with Crippen LogP contribution in [0.15, 0.2) is 24.3 Å². The Morgan fingerprint density at radius 3 is 2.65 bits per heavy atom. The Hall–Kier alpha value is -0.570. The van der Waals surface area contributed by atoms with E-state index < -0.39 is 0 Å². The van der Waals surface area contributed by atoms with Crippen LogP contribution in [0.2, 0.25) is 5.02 Å². The first kappa shape index (κ1) is 12.9. The van der Waals surface area contributed by atoms with Crippen LogP contribution in [0.1, 0.15) is 32.3 Å². The van der Waals surface area contributed by atoms with Gasteiger partial charge in [-0.3, -0.25) is 0 Å². The monoisotopic (exact) mass is 253 g/mol. The van der Waals surface area contributed by atoms with Crippen molar-refractivity contribution in [3.63, 3.8) is 0 Å². The van der Waals surface area contributed by atoms with Gasteiger partial charge in [-0.25, -0.2) is 0 Å². The number of halogens is 1. The summed E-state index contributed by atoms with van der Waals surface area (Å²) >= 11 is 5.84. The zero-order valence-electron chi connectivity index (χ0n) is 10.5. The molecule has 1 fully saturated rings. The maximum atomic E-state index is 5.92. The van der Waals surface area contributed by atoms with E-state index in [-0.39, 0.29) is 5.60 Å². The summed E-state index contributed by atoms with van der Waals surface area (Å²) in [4.78, 5) is 0. The molecule has 0 radical (unpaired) electrons. The van der Waals surface area contributed by atoms with Crippen molar-refractivity contribution >= 4 is 11.6 Å². The van der Waals surface area contributed by atoms with Crippen molar-refractivity contribution in [3.8, 4) is 0 Å². The van der Waals surface area contributed by atoms with Gasteiger partial charge in [0, 0.05) is 18.1 Å². The highest BCUT2D eigenvalue weighted by Crippen LogP contribution is 2.28. The molecule has 1 aliphatic heterocycles. The smallest absolute Gasteiger partial charge is 0.0707 e. The second-order valence-corrected chi connectivity index (χ2v) is 5.73. The van der Waals surface area contributed by atoms with Crippen LogP contribution in [0, 0.1) is 0 Å². The topological polar surface area (TPSA) is 21.3 Å². The average molecular weight is 254 g/mol. The van der Waals surface area contributed by atoms with Crippen molar-refractivity contribution < 1.29 is 4.74 Å². The summed E-state index contributed by atoms with van der Waals surface area (Å²) in [5.41, 5.74) is 1.32. The van der Waals surface area contributed by atoms with Crippen molar-refractivity contribution in [1.82, 2.24) is 5.32 Å². The first-order chi connectivity index (χ1) is 8.05. The fraction of sp³-hybridized carbons (Fsp3) is 0.571. The zero-order chi connectivity index (χ0) is 12.3. The Morgan fingerprint density at radius 2 is 2.06 bits per heavy atom. The molecule has 0 spiro atoms. The van der Waals surface area contributed by atoms with Crippen molar-refractivity contribution in [3.05, 3.63) is 34.9 Å². The first-order valence-corrected chi connectivity index (χ1v) is 6.56. The van der Waals surface area contributed by atoms with Gasteiger partial charge < -0.3 is 10.1 Å². The van der Waals surface area contributed by atoms with Gasteiger partial charge in [-0.05, 0) is 44.4 Å². The number of nitrogens with one attached hydrogen (secondary N) is 1. The minimum absolute atomic E-state index is 0.0621. The summed E-state index contributed by atoms with van der Waals surface area (Å²) in [6.45, 7) is 6.11. The van der Waals surface area contributed by atoms with Crippen LogP contribution < -0.4 is 5.32 Å². The van der Waals surface area contributed by atoms with Crippen molar-refractivity contribution in [2.24, 2.45) is 0 Å². The zero-order valence-corrected chi connectivity index (χ0v) is 11.3. The van der Waals surface area contributed by atoms with Crippen LogP contribution in [0.4, 0.5) is 0 Å². The lowest BCUT2D eigenvalue weighted by Crippen LogP contribution is -2.29. The molecule has 1 unspecified atom stereocenters. The molecule has 0 saturated carbocycles. The van der Waals surface area contributed by atoms with Gasteiger partial charge in [0.1, 0.15) is 0 Å². The molecular formula is C14H20ClNO. The van der Waals surface area contributed by atoms with Gasteiger partial charge >= 0.3 is 0 Å². The molecule has 0 aliphatic carbocycles. The Bertz CT molecular complexity index is 361. The van der Waals surface area contributed by atoms with E-state index in [0.29, 0.717) is 6.10 Å². The quantitative estimate of drug-likeness (QED) is 0.888. The summed E-state index contributed by atoms with van der Waals surface area (Å²) < 4.78 is 5.92. The lowest BCUT2D eigenvalue weighted by Gasteiger charge is -2.19. The second-order valence-electron chi connectivity index (χ2n) is 5.30. The molecule has 0 aromatic heterocycles. The molecule has 0 amide bonds. The third kappa shape index (κ3) is 3.98. The number of hydrogen-bond donors (Lipinski definition) is 1. The van der Waals surface area contributed by atoms with E-state index in [9.17, 15) is 0 Å². The van der Waals surface area contributed by atoms with Crippen LogP contribution in [0.3, 0.4) is 0 Å². The highest BCUT2D eigenvalue weighted by molar-refractivity contribution is 6.30. The van der Waals surface area contributed by atoms with Gasteiger partial charge in [0.15, 0.2) is 0 Å². The molecule has 0 bridgehead atoms. The van der Waals surface area contributed by atoms with Crippen molar-refractivity contribution in [2.45, 2.75) is 44.9 Å². The van der Waals surface area contributed by atoms with Crippen LogP contribution >= 0.6 is 11.6 Å². The summed E-state index contributed by atoms with van der Waals surface area (Å²) in [7, 11) is 0. The summed E-state index contributed by atoms with van der Waals surface area (Å²) in [6.07, 6.45) is 2.67. The van der Waals surface area contributed by atoms with E-state index in [0.717, 1.165) is 31.0 Å². The molecule has 2 rings (SSSR count). The SMILES string of the molecule is CC1(C)CCC(CNCc2ccc(Cl)cc2)O1. The summed E-state index contributed by atoms with van der Waals surface area (Å²) in [6, 6.07) is 7.95. The van der Waals surface area contributed by atoms with Crippen LogP contribution in [0.25, 0.3) is 0 Å². The van der Waals surface area contributed by atoms with Crippen LogP contribution in [0.5, 0.6) is 0 Å². The predicted molar refractivity (Wildman–Crippen MR) is 71.3 cm³/mol. The Labute approximate surface area is 108 Å². The number of rotatable bonds is 4. The third-order valence-corrected chi connectivity index (χ3v) is 3.42. The predicted octanol–water partition coefficient (Wildman–Crippen LogP) is 3.39. The Morgan fingerprint density at radius 1 is 1.35 bits per heavy atom. The highest BCUT2D eigenvalue weighted by Gasteiger charge is 2.30. The summed E-state index contributed by atoms with van der Waals surface area (Å²) in [5.74, 6) is 0. The summed E-state index contributed by atoms with van der Waals surface area (Å²) in [5, 5.41) is 4.22. The molecule has 17 heavy (non-hydrogen) atoms. The molecule has 1 aromatic carbocycles. The number of benzene rings is 1. The fourth-order valence-corrected chi connectivity index (χ4v) is 2.33. The second kappa shape index (κ2) is 5.38. The number of hydrogen-bond acceptors (Lipinski definition) is 2. The van der Waals surface area contributed by atoms with E-state index in [4.69, 9.17) is 16.3 Å². The van der Waals surface area contributed by atoms with Crippen molar-refractivity contribution in [1.29, 1.82) is 0 Å². The fourth-order valence-electron chi connectivity index (χ4n) is 2.20. The molecule has 1 atom stereocenters. The van der Waals surface area contributed by atoms with Gasteiger partial charge in [0.2, 0.25) is 0 Å². The maximum Gasteiger partial charge on any atom is 0.0707 e. The van der Waals surface area contributed by atoms with Gasteiger partial charge in [0.05, 0.1) is 11.7 Å². The van der Waals surface area contributed by atoms with Gasteiger partial charge in [-0.1, -0.05) is 23.7 Å². The third-order valence-electron chi connectivity index (χ3n) is 3.17. The Kier molecular flexibility index (Phi) is 4.08. The number of ether oxygens (including phenoxy) is 1. The Balaban J connectivity index is 1.71. The van der Waals surface area contributed by atoms with Crippen LogP contribution in [-0.4, -0.2) is 18.2 Å². The molecular weight excluding hydrogens is 234 g/mol. The van der Waals surface area contributed by atoms with E-state index in [2.05, 4.69) is 31.3 Å². The minimum atomic E-state index is 0.0621. The van der Waals surface area contributed by atoms with Gasteiger partial charge in [-0.2, -0.15) is 0 Å². The molecule has 1 N–H and O–H groups in total. The molecule has 1 saturated heterocycles. The molecule has 1 heterocycles. The molecule has 1 aromatic rings. The molecule has 3 heteroatoms. The highest BCUT2D eigenvalue weighted by atomic mass is 35.5. The van der Waals surface area contributed by atoms with Gasteiger partial charge in [-0.15, -0.1) is 0 Å². The van der Waals surface area contributed by atoms with Crippen molar-refractivity contribution in [2.75, 3.05) is 6.54 Å². The maximum absolute atomic E-state index is 5.92. The first-order valence-electron chi connectivity index (χ1n) is 6.18. The normalized spacial score (nSPS) is 22.9. The van der Waals surface area contributed by atoms with Crippen LogP contribution in [-0.2, 0) is 11.3 Å². The average Bonchev–Trinajstić information content (AvgIpc) is 2.61. The van der Waals surface area contributed by atoms with E-state index in [1.54, 1.807) is 0 Å². The lowest BCUT2D eigenvalue weighted by molar-refractivity contribution is -0.0142. The van der Waals surface area contributed by atoms with E-state index in [1.807, 2.05) is 12.1 Å². The molecule has 1 aliphatic rings. The lowest BCUT2D eigenvalue weighted by atomic mass is 10.1.